The maximum atomic E-state index is 14.6. The maximum absolute atomic E-state index is 14.6. The minimum atomic E-state index is -4.25. The highest BCUT2D eigenvalue weighted by Gasteiger charge is 2.35. The Kier molecular flexibility index (Phi) is 11.7. The Hall–Kier alpha value is -4.34. The van der Waals surface area contributed by atoms with Gasteiger partial charge in [0.1, 0.15) is 18.3 Å². The largest absolute Gasteiger partial charge is 0.494 e. The molecule has 4 aromatic rings. The summed E-state index contributed by atoms with van der Waals surface area (Å²) in [5.74, 6) is -0.312. The highest BCUT2D eigenvalue weighted by atomic mass is 35.5. The minimum absolute atomic E-state index is 0.0277. The van der Waals surface area contributed by atoms with E-state index in [1.165, 1.54) is 29.2 Å². The van der Waals surface area contributed by atoms with E-state index < -0.39 is 34.1 Å². The highest BCUT2D eigenvalue weighted by molar-refractivity contribution is 7.92. The summed E-state index contributed by atoms with van der Waals surface area (Å²) in [6.07, 6.45) is 0.229. The smallest absolute Gasteiger partial charge is 0.264 e. The average molecular weight is 676 g/mol. The van der Waals surface area contributed by atoms with Crippen molar-refractivity contribution in [1.82, 2.24) is 10.2 Å². The molecule has 0 heterocycles. The summed E-state index contributed by atoms with van der Waals surface area (Å²) in [7, 11) is -4.25. The van der Waals surface area contributed by atoms with Crippen LogP contribution < -0.4 is 14.4 Å². The van der Waals surface area contributed by atoms with Crippen LogP contribution in [0.25, 0.3) is 0 Å². The Balaban J connectivity index is 1.82. The predicted molar refractivity (Wildman–Crippen MR) is 187 cm³/mol. The first-order chi connectivity index (χ1) is 22.3. The third-order valence-corrected chi connectivity index (χ3v) is 9.36. The summed E-state index contributed by atoms with van der Waals surface area (Å²) in [4.78, 5) is 30.1. The number of aryl methyl sites for hydroxylation is 1. The summed E-state index contributed by atoms with van der Waals surface area (Å²) in [6.45, 7) is 9.42. The van der Waals surface area contributed by atoms with E-state index in [2.05, 4.69) is 5.32 Å². The number of nitrogens with zero attached hydrogens (tertiary/aromatic N) is 2. The van der Waals surface area contributed by atoms with Gasteiger partial charge in [-0.25, -0.2) is 8.42 Å². The van der Waals surface area contributed by atoms with Gasteiger partial charge >= 0.3 is 0 Å². The van der Waals surface area contributed by atoms with Gasteiger partial charge in [-0.1, -0.05) is 71.8 Å². The fourth-order valence-electron chi connectivity index (χ4n) is 5.15. The van der Waals surface area contributed by atoms with Crippen molar-refractivity contribution in [3.8, 4) is 5.75 Å². The topological polar surface area (TPSA) is 96.0 Å². The quantitative estimate of drug-likeness (QED) is 0.168. The predicted octanol–water partition coefficient (Wildman–Crippen LogP) is 6.80. The lowest BCUT2D eigenvalue weighted by Crippen LogP contribution is -2.56. The number of halogens is 1. The van der Waals surface area contributed by atoms with E-state index in [0.29, 0.717) is 17.4 Å². The normalized spacial score (nSPS) is 12.2. The van der Waals surface area contributed by atoms with Crippen LogP contribution >= 0.6 is 11.6 Å². The van der Waals surface area contributed by atoms with Crippen LogP contribution in [-0.2, 0) is 32.6 Å². The zero-order valence-corrected chi connectivity index (χ0v) is 29.0. The first-order valence-corrected chi connectivity index (χ1v) is 17.3. The molecule has 0 aliphatic carbocycles. The van der Waals surface area contributed by atoms with Crippen molar-refractivity contribution in [3.05, 3.63) is 125 Å². The molecular weight excluding hydrogens is 634 g/mol. The van der Waals surface area contributed by atoms with E-state index in [1.54, 1.807) is 24.3 Å². The zero-order chi connectivity index (χ0) is 34.2. The monoisotopic (exact) mass is 675 g/mol. The van der Waals surface area contributed by atoms with Gasteiger partial charge in [-0.15, -0.1) is 0 Å². The molecular formula is C37H42ClN3O5S. The molecule has 4 rings (SSSR count). The Morgan fingerprint density at radius 3 is 2.11 bits per heavy atom. The van der Waals surface area contributed by atoms with Crippen LogP contribution in [0.15, 0.2) is 108 Å². The number of hydrogen-bond donors (Lipinski definition) is 1. The highest BCUT2D eigenvalue weighted by Crippen LogP contribution is 2.28. The third kappa shape index (κ3) is 9.83. The van der Waals surface area contributed by atoms with E-state index in [9.17, 15) is 18.0 Å². The molecule has 10 heteroatoms. The number of carbonyl (C=O) groups is 2. The van der Waals surface area contributed by atoms with Crippen LogP contribution in [0.4, 0.5) is 5.69 Å². The first-order valence-electron chi connectivity index (χ1n) is 15.5. The van der Waals surface area contributed by atoms with Gasteiger partial charge in [0.2, 0.25) is 11.8 Å². The Bertz CT molecular complexity index is 1760. The SMILES string of the molecule is CCOc1ccc(N(CC(=O)N(Cc2cccc(C)c2)C(Cc2ccccc2)C(=O)NC(C)(C)C)S(=O)(=O)c2ccc(Cl)cc2)cc1. The second kappa shape index (κ2) is 15.5. The molecule has 1 unspecified atom stereocenters. The first kappa shape index (κ1) is 35.5. The molecule has 0 aliphatic heterocycles. The second-order valence-corrected chi connectivity index (χ2v) is 14.6. The van der Waals surface area contributed by atoms with Crippen molar-refractivity contribution in [2.75, 3.05) is 17.5 Å². The molecule has 0 radical (unpaired) electrons. The fourth-order valence-corrected chi connectivity index (χ4v) is 6.69. The van der Waals surface area contributed by atoms with E-state index in [-0.39, 0.29) is 29.5 Å². The molecule has 47 heavy (non-hydrogen) atoms. The van der Waals surface area contributed by atoms with Crippen molar-refractivity contribution in [1.29, 1.82) is 0 Å². The molecule has 1 atom stereocenters. The molecule has 2 amide bonds. The summed E-state index contributed by atoms with van der Waals surface area (Å²) in [6, 6.07) is 28.5. The van der Waals surface area contributed by atoms with Gasteiger partial charge in [0, 0.05) is 23.5 Å². The summed E-state index contributed by atoms with van der Waals surface area (Å²) in [5, 5.41) is 3.43. The lowest BCUT2D eigenvalue weighted by atomic mass is 10.0. The second-order valence-electron chi connectivity index (χ2n) is 12.3. The number of amides is 2. The Morgan fingerprint density at radius 1 is 0.872 bits per heavy atom. The standard InChI is InChI=1S/C37H42ClN3O5S/c1-6-46-32-19-17-31(18-20-32)41(47(44,45)33-21-15-30(38)16-22-33)26-35(42)40(25-29-14-10-11-27(2)23-29)34(36(43)39-37(3,4)5)24-28-12-8-7-9-13-28/h7-23,34H,6,24-26H2,1-5H3,(H,39,43). The number of rotatable bonds is 13. The molecule has 248 valence electrons. The molecule has 1 N–H and O–H groups in total. The molecule has 0 aromatic heterocycles. The number of nitrogens with one attached hydrogen (secondary N) is 1. The number of anilines is 1. The number of benzene rings is 4. The third-order valence-electron chi connectivity index (χ3n) is 7.32. The number of hydrogen-bond acceptors (Lipinski definition) is 5. The van der Waals surface area contributed by atoms with Crippen LogP contribution in [0.1, 0.15) is 44.4 Å². The molecule has 0 bridgehead atoms. The molecule has 0 fully saturated rings. The van der Waals surface area contributed by atoms with Crippen LogP contribution in [0.3, 0.4) is 0 Å². The molecule has 0 spiro atoms. The van der Waals surface area contributed by atoms with E-state index in [0.717, 1.165) is 21.0 Å². The summed E-state index contributed by atoms with van der Waals surface area (Å²) >= 11 is 6.08. The lowest BCUT2D eigenvalue weighted by Gasteiger charge is -2.35. The lowest BCUT2D eigenvalue weighted by molar-refractivity contribution is -0.140. The summed E-state index contributed by atoms with van der Waals surface area (Å²) < 4.78 is 35.0. The molecule has 8 nitrogen and oxygen atoms in total. The van der Waals surface area contributed by atoms with Crippen molar-refractivity contribution in [3.63, 3.8) is 0 Å². The van der Waals surface area contributed by atoms with E-state index in [1.807, 2.05) is 89.2 Å². The van der Waals surface area contributed by atoms with Gasteiger partial charge in [-0.3, -0.25) is 13.9 Å². The molecule has 0 saturated carbocycles. The van der Waals surface area contributed by atoms with Crippen LogP contribution in [0, 0.1) is 6.92 Å². The van der Waals surface area contributed by atoms with Gasteiger partial charge < -0.3 is 15.0 Å². The summed E-state index contributed by atoms with van der Waals surface area (Å²) in [5.41, 5.74) is 2.37. The Morgan fingerprint density at radius 2 is 1.51 bits per heavy atom. The van der Waals surface area contributed by atoms with Crippen LogP contribution in [0.5, 0.6) is 5.75 Å². The van der Waals surface area contributed by atoms with Gasteiger partial charge in [-0.2, -0.15) is 0 Å². The van der Waals surface area contributed by atoms with Crippen molar-refractivity contribution >= 4 is 39.1 Å². The molecule has 4 aromatic carbocycles. The van der Waals surface area contributed by atoms with Gasteiger partial charge in [0.05, 0.1) is 17.2 Å². The minimum Gasteiger partial charge on any atom is -0.494 e. The van der Waals surface area contributed by atoms with E-state index in [4.69, 9.17) is 16.3 Å². The van der Waals surface area contributed by atoms with Crippen molar-refractivity contribution < 1.29 is 22.7 Å². The molecule has 0 aliphatic rings. The number of sulfonamides is 1. The van der Waals surface area contributed by atoms with Crippen molar-refractivity contribution in [2.24, 2.45) is 0 Å². The van der Waals surface area contributed by atoms with Gasteiger partial charge in [0.25, 0.3) is 10.0 Å². The molecule has 0 saturated heterocycles. The average Bonchev–Trinajstić information content (AvgIpc) is 3.02. The van der Waals surface area contributed by atoms with Crippen LogP contribution in [-0.4, -0.2) is 49.9 Å². The van der Waals surface area contributed by atoms with E-state index >= 15 is 0 Å². The van der Waals surface area contributed by atoms with Crippen LogP contribution in [0.2, 0.25) is 5.02 Å². The Labute approximate surface area is 283 Å². The van der Waals surface area contributed by atoms with Crippen molar-refractivity contribution in [2.45, 2.75) is 64.1 Å². The number of ether oxygens (including phenoxy) is 1. The maximum Gasteiger partial charge on any atom is 0.264 e. The van der Waals surface area contributed by atoms with Gasteiger partial charge in [0.15, 0.2) is 0 Å². The zero-order valence-electron chi connectivity index (χ0n) is 27.4. The fraction of sp³-hybridized carbons (Fsp3) is 0.297. The number of carbonyl (C=O) groups excluding carboxylic acids is 2. The van der Waals surface area contributed by atoms with Gasteiger partial charge in [-0.05, 0) is 94.3 Å².